The van der Waals surface area contributed by atoms with Gasteiger partial charge in [-0.05, 0) is 36.6 Å². The van der Waals surface area contributed by atoms with Crippen LogP contribution in [-0.4, -0.2) is 0 Å². The molecule has 0 aliphatic heterocycles. The number of rotatable bonds is 2. The normalized spacial score (nSPS) is 12.5. The van der Waals surface area contributed by atoms with Gasteiger partial charge in [0.05, 0.1) is 4.83 Å². The van der Waals surface area contributed by atoms with Gasteiger partial charge in [-0.25, -0.2) is 13.2 Å². The topological polar surface area (TPSA) is 0 Å². The van der Waals surface area contributed by atoms with Gasteiger partial charge < -0.3 is 0 Å². The van der Waals surface area contributed by atoms with Crippen LogP contribution in [0, 0.1) is 31.3 Å². The minimum absolute atomic E-state index is 0.261. The fourth-order valence-electron chi connectivity index (χ4n) is 2.01. The zero-order chi connectivity index (χ0) is 14.2. The van der Waals surface area contributed by atoms with Crippen molar-refractivity contribution < 1.29 is 13.2 Å². The van der Waals surface area contributed by atoms with Gasteiger partial charge in [0.2, 0.25) is 0 Å². The minimum Gasteiger partial charge on any atom is -0.207 e. The largest absolute Gasteiger partial charge is 0.207 e. The molecule has 2 aromatic carbocycles. The molecule has 0 aromatic heterocycles. The molecule has 4 heteroatoms. The van der Waals surface area contributed by atoms with Gasteiger partial charge >= 0.3 is 0 Å². The second-order valence-electron chi connectivity index (χ2n) is 4.50. The lowest BCUT2D eigenvalue weighted by molar-refractivity contribution is 0.574. The van der Waals surface area contributed by atoms with Crippen molar-refractivity contribution in [1.29, 1.82) is 0 Å². The van der Waals surface area contributed by atoms with E-state index in [9.17, 15) is 13.2 Å². The molecule has 0 N–H and O–H groups in total. The van der Waals surface area contributed by atoms with Gasteiger partial charge in [0, 0.05) is 11.6 Å². The second-order valence-corrected chi connectivity index (χ2v) is 5.41. The van der Waals surface area contributed by atoms with E-state index in [1.54, 1.807) is 26.0 Å². The van der Waals surface area contributed by atoms with Crippen molar-refractivity contribution in [2.45, 2.75) is 18.7 Å². The molecule has 0 nitrogen and oxygen atoms in total. The third-order valence-corrected chi connectivity index (χ3v) is 4.01. The number of halogens is 4. The Hall–Kier alpha value is -1.29. The van der Waals surface area contributed by atoms with Crippen molar-refractivity contribution >= 4 is 15.9 Å². The molecule has 0 heterocycles. The smallest absolute Gasteiger partial charge is 0.130 e. The molecule has 1 atom stereocenters. The van der Waals surface area contributed by atoms with Crippen LogP contribution in [0.5, 0.6) is 0 Å². The van der Waals surface area contributed by atoms with Crippen LogP contribution in [0.4, 0.5) is 13.2 Å². The second kappa shape index (κ2) is 5.37. The Kier molecular flexibility index (Phi) is 3.99. The summed E-state index contributed by atoms with van der Waals surface area (Å²) in [4.78, 5) is -0.439. The molecular weight excluding hydrogens is 317 g/mol. The van der Waals surface area contributed by atoms with Gasteiger partial charge in [-0.15, -0.1) is 0 Å². The van der Waals surface area contributed by atoms with Crippen molar-refractivity contribution in [3.8, 4) is 0 Å². The third-order valence-electron chi connectivity index (χ3n) is 2.99. The summed E-state index contributed by atoms with van der Waals surface area (Å²) in [5.41, 5.74) is 2.07. The predicted octanol–water partition coefficient (Wildman–Crippen LogP) is 5.21. The molecule has 0 saturated carbocycles. The fourth-order valence-corrected chi connectivity index (χ4v) is 2.65. The molecule has 0 amide bonds. The van der Waals surface area contributed by atoms with E-state index in [4.69, 9.17) is 0 Å². The van der Waals surface area contributed by atoms with E-state index in [0.29, 0.717) is 16.7 Å². The lowest BCUT2D eigenvalue weighted by atomic mass is 9.99. The van der Waals surface area contributed by atoms with Crippen LogP contribution in [-0.2, 0) is 0 Å². The summed E-state index contributed by atoms with van der Waals surface area (Å²) in [5, 5.41) is 0. The average molecular weight is 329 g/mol. The quantitative estimate of drug-likeness (QED) is 0.664. The maximum absolute atomic E-state index is 13.7. The van der Waals surface area contributed by atoms with Crippen LogP contribution in [0.25, 0.3) is 0 Å². The summed E-state index contributed by atoms with van der Waals surface area (Å²) < 4.78 is 40.2. The molecule has 0 aliphatic rings. The molecular formula is C15H12BrF3. The van der Waals surface area contributed by atoms with Crippen LogP contribution < -0.4 is 0 Å². The SMILES string of the molecule is Cc1cc(C(Br)c2ccc(F)cc2F)cc(C)c1F. The number of aryl methyl sites for hydroxylation is 2. The first kappa shape index (κ1) is 14.1. The summed E-state index contributed by atoms with van der Waals surface area (Å²) in [5.74, 6) is -1.50. The highest BCUT2D eigenvalue weighted by Crippen LogP contribution is 2.34. The fraction of sp³-hybridized carbons (Fsp3) is 0.200. The summed E-state index contributed by atoms with van der Waals surface area (Å²) >= 11 is 3.38. The molecule has 19 heavy (non-hydrogen) atoms. The van der Waals surface area contributed by atoms with E-state index >= 15 is 0 Å². The lowest BCUT2D eigenvalue weighted by Crippen LogP contribution is -2.00. The van der Waals surface area contributed by atoms with E-state index in [1.807, 2.05) is 0 Å². The molecule has 1 unspecified atom stereocenters. The number of alkyl halides is 1. The Balaban J connectivity index is 2.47. The third kappa shape index (κ3) is 2.84. The maximum atomic E-state index is 13.7. The van der Waals surface area contributed by atoms with E-state index in [2.05, 4.69) is 15.9 Å². The first-order valence-electron chi connectivity index (χ1n) is 5.76. The summed E-state index contributed by atoms with van der Waals surface area (Å²) in [6.07, 6.45) is 0. The highest BCUT2D eigenvalue weighted by molar-refractivity contribution is 9.09. The number of hydrogen-bond donors (Lipinski definition) is 0. The van der Waals surface area contributed by atoms with Crippen LogP contribution in [0.1, 0.15) is 27.1 Å². The Morgan fingerprint density at radius 2 is 1.53 bits per heavy atom. The van der Waals surface area contributed by atoms with Crippen molar-refractivity contribution in [3.05, 3.63) is 70.0 Å². The van der Waals surface area contributed by atoms with Crippen LogP contribution in [0.2, 0.25) is 0 Å². The summed E-state index contributed by atoms with van der Waals surface area (Å²) in [7, 11) is 0. The standard InChI is InChI=1S/C15H12BrF3/c1-8-5-10(6-9(2)15(8)19)14(16)12-4-3-11(17)7-13(12)18/h3-7,14H,1-2H3. The first-order valence-corrected chi connectivity index (χ1v) is 6.67. The van der Waals surface area contributed by atoms with Crippen LogP contribution >= 0.6 is 15.9 Å². The van der Waals surface area contributed by atoms with E-state index in [0.717, 1.165) is 11.6 Å². The lowest BCUT2D eigenvalue weighted by Gasteiger charge is -2.14. The van der Waals surface area contributed by atoms with Gasteiger partial charge in [0.15, 0.2) is 0 Å². The molecule has 0 radical (unpaired) electrons. The van der Waals surface area contributed by atoms with Gasteiger partial charge in [-0.3, -0.25) is 0 Å². The van der Waals surface area contributed by atoms with Crippen molar-refractivity contribution in [2.24, 2.45) is 0 Å². The number of hydrogen-bond acceptors (Lipinski definition) is 0. The molecule has 100 valence electrons. The van der Waals surface area contributed by atoms with Gasteiger partial charge in [-0.1, -0.05) is 34.1 Å². The maximum Gasteiger partial charge on any atom is 0.130 e. The van der Waals surface area contributed by atoms with E-state index < -0.39 is 16.5 Å². The van der Waals surface area contributed by atoms with Gasteiger partial charge in [0.25, 0.3) is 0 Å². The number of benzene rings is 2. The molecule has 0 fully saturated rings. The molecule has 0 spiro atoms. The van der Waals surface area contributed by atoms with Gasteiger partial charge in [0.1, 0.15) is 17.5 Å². The van der Waals surface area contributed by atoms with E-state index in [-0.39, 0.29) is 5.82 Å². The highest BCUT2D eigenvalue weighted by atomic mass is 79.9. The first-order chi connectivity index (χ1) is 8.90. The van der Waals surface area contributed by atoms with Crippen molar-refractivity contribution in [1.82, 2.24) is 0 Å². The van der Waals surface area contributed by atoms with Crippen LogP contribution in [0.3, 0.4) is 0 Å². The Bertz CT molecular complexity index is 600. The molecule has 2 aromatic rings. The van der Waals surface area contributed by atoms with Crippen molar-refractivity contribution in [2.75, 3.05) is 0 Å². The molecule has 2 rings (SSSR count). The summed E-state index contributed by atoms with van der Waals surface area (Å²) in [6.45, 7) is 3.32. The van der Waals surface area contributed by atoms with Gasteiger partial charge in [-0.2, -0.15) is 0 Å². The molecule has 0 aliphatic carbocycles. The highest BCUT2D eigenvalue weighted by Gasteiger charge is 2.17. The molecule has 0 saturated heterocycles. The van der Waals surface area contributed by atoms with E-state index in [1.165, 1.54) is 12.1 Å². The zero-order valence-corrected chi connectivity index (χ0v) is 12.1. The Morgan fingerprint density at radius 3 is 2.05 bits per heavy atom. The predicted molar refractivity (Wildman–Crippen MR) is 73.0 cm³/mol. The monoisotopic (exact) mass is 328 g/mol. The molecule has 0 bridgehead atoms. The van der Waals surface area contributed by atoms with Crippen LogP contribution in [0.15, 0.2) is 30.3 Å². The summed E-state index contributed by atoms with van der Waals surface area (Å²) in [6, 6.07) is 6.75. The van der Waals surface area contributed by atoms with Crippen molar-refractivity contribution in [3.63, 3.8) is 0 Å². The Morgan fingerprint density at radius 1 is 0.947 bits per heavy atom. The minimum atomic E-state index is -0.624. The Labute approximate surface area is 118 Å². The zero-order valence-electron chi connectivity index (χ0n) is 10.5. The average Bonchev–Trinajstić information content (AvgIpc) is 2.34.